The number of para-hydroxylation sites is 1. The summed E-state index contributed by atoms with van der Waals surface area (Å²) in [6, 6.07) is 11.0. The number of nitrogens with one attached hydrogen (secondary N) is 2. The van der Waals surface area contributed by atoms with E-state index in [2.05, 4.69) is 20.6 Å². The van der Waals surface area contributed by atoms with Crippen molar-refractivity contribution in [2.45, 2.75) is 6.04 Å². The Morgan fingerprint density at radius 2 is 2.04 bits per heavy atom. The van der Waals surface area contributed by atoms with E-state index in [4.69, 9.17) is 0 Å². The van der Waals surface area contributed by atoms with Crippen molar-refractivity contribution in [3.63, 3.8) is 0 Å². The predicted octanol–water partition coefficient (Wildman–Crippen LogP) is 2.84. The number of carbonyl (C=O) groups is 1. The molecule has 0 aliphatic carbocycles. The second-order valence-corrected chi connectivity index (χ2v) is 5.54. The van der Waals surface area contributed by atoms with Crippen LogP contribution in [0.5, 0.6) is 0 Å². The summed E-state index contributed by atoms with van der Waals surface area (Å²) in [5.74, 6) is -0.870. The molecular weight excluding hydrogens is 323 g/mol. The summed E-state index contributed by atoms with van der Waals surface area (Å²) in [4.78, 5) is 19.7. The van der Waals surface area contributed by atoms with Crippen LogP contribution < -0.4 is 10.6 Å². The zero-order chi connectivity index (χ0) is 17.8. The van der Waals surface area contributed by atoms with Gasteiger partial charge in [-0.3, -0.25) is 0 Å². The van der Waals surface area contributed by atoms with Crippen molar-refractivity contribution in [3.8, 4) is 0 Å². The molecule has 3 rings (SSSR count). The van der Waals surface area contributed by atoms with Crippen molar-refractivity contribution in [2.75, 3.05) is 18.9 Å². The SMILES string of the molecule is CNC[C@@H](Nc1ncnc2c(C(=O)O)cccc12)c1cccc(F)c1. The van der Waals surface area contributed by atoms with Gasteiger partial charge in [0.1, 0.15) is 18.0 Å². The minimum atomic E-state index is -1.05. The van der Waals surface area contributed by atoms with Gasteiger partial charge in [0, 0.05) is 11.9 Å². The number of nitrogens with zero attached hydrogens (tertiary/aromatic N) is 2. The van der Waals surface area contributed by atoms with Gasteiger partial charge in [-0.05, 0) is 36.9 Å². The van der Waals surface area contributed by atoms with Crippen LogP contribution >= 0.6 is 0 Å². The molecule has 0 bridgehead atoms. The van der Waals surface area contributed by atoms with Gasteiger partial charge in [-0.25, -0.2) is 19.2 Å². The lowest BCUT2D eigenvalue weighted by Gasteiger charge is -2.20. The molecule has 0 aliphatic heterocycles. The van der Waals surface area contributed by atoms with Gasteiger partial charge in [-0.1, -0.05) is 18.2 Å². The van der Waals surface area contributed by atoms with Gasteiger partial charge >= 0.3 is 5.97 Å². The number of aromatic carboxylic acids is 1. The minimum Gasteiger partial charge on any atom is -0.478 e. The number of carboxylic acid groups (broad SMARTS) is 1. The lowest BCUT2D eigenvalue weighted by atomic mass is 10.1. The monoisotopic (exact) mass is 340 g/mol. The lowest BCUT2D eigenvalue weighted by molar-refractivity contribution is 0.0699. The van der Waals surface area contributed by atoms with Gasteiger partial charge in [0.05, 0.1) is 17.1 Å². The Kier molecular flexibility index (Phi) is 4.85. The molecule has 0 radical (unpaired) electrons. The molecule has 0 fully saturated rings. The van der Waals surface area contributed by atoms with Gasteiger partial charge in [0.15, 0.2) is 0 Å². The average molecular weight is 340 g/mol. The number of fused-ring (bicyclic) bond motifs is 1. The summed E-state index contributed by atoms with van der Waals surface area (Å²) in [6.45, 7) is 0.535. The van der Waals surface area contributed by atoms with Crippen molar-refractivity contribution >= 4 is 22.7 Å². The number of carboxylic acids is 1. The molecule has 1 heterocycles. The summed E-state index contributed by atoms with van der Waals surface area (Å²) < 4.78 is 13.6. The standard InChI is InChI=1S/C18H17FN4O2/c1-20-9-15(11-4-2-5-12(19)8-11)23-17-13-6-3-7-14(18(24)25)16(13)21-10-22-17/h2-8,10,15,20H,9H2,1H3,(H,24,25)(H,21,22,23)/t15-/m1/s1. The Hall–Kier alpha value is -3.06. The molecule has 1 atom stereocenters. The highest BCUT2D eigenvalue weighted by atomic mass is 19.1. The third kappa shape index (κ3) is 3.56. The Bertz CT molecular complexity index is 916. The zero-order valence-electron chi connectivity index (χ0n) is 13.5. The fraction of sp³-hybridized carbons (Fsp3) is 0.167. The van der Waals surface area contributed by atoms with Crippen LogP contribution in [0.2, 0.25) is 0 Å². The molecule has 0 spiro atoms. The summed E-state index contributed by atoms with van der Waals surface area (Å²) >= 11 is 0. The average Bonchev–Trinajstić information content (AvgIpc) is 2.61. The fourth-order valence-electron chi connectivity index (χ4n) is 2.72. The largest absolute Gasteiger partial charge is 0.478 e. The Morgan fingerprint density at radius 1 is 1.24 bits per heavy atom. The van der Waals surface area contributed by atoms with E-state index in [1.54, 1.807) is 25.2 Å². The number of hydrogen-bond acceptors (Lipinski definition) is 5. The molecule has 1 aromatic heterocycles. The van der Waals surface area contributed by atoms with Gasteiger partial charge in [0.25, 0.3) is 0 Å². The first-order valence-electron chi connectivity index (χ1n) is 7.73. The summed E-state index contributed by atoms with van der Waals surface area (Å²) in [5, 5.41) is 16.2. The van der Waals surface area contributed by atoms with Crippen LogP contribution in [0.3, 0.4) is 0 Å². The number of benzene rings is 2. The highest BCUT2D eigenvalue weighted by molar-refractivity contribution is 6.04. The van der Waals surface area contributed by atoms with Crippen molar-refractivity contribution in [2.24, 2.45) is 0 Å². The maximum Gasteiger partial charge on any atom is 0.337 e. The lowest BCUT2D eigenvalue weighted by Crippen LogP contribution is -2.24. The zero-order valence-corrected chi connectivity index (χ0v) is 13.5. The van der Waals surface area contributed by atoms with E-state index < -0.39 is 5.97 Å². The molecule has 0 aliphatic rings. The van der Waals surface area contributed by atoms with E-state index >= 15 is 0 Å². The summed E-state index contributed by atoms with van der Waals surface area (Å²) in [5.41, 5.74) is 1.23. The molecule has 0 saturated heterocycles. The number of rotatable bonds is 6. The van der Waals surface area contributed by atoms with Crippen LogP contribution in [0.15, 0.2) is 48.8 Å². The Morgan fingerprint density at radius 3 is 2.76 bits per heavy atom. The highest BCUT2D eigenvalue weighted by Crippen LogP contribution is 2.26. The first-order valence-corrected chi connectivity index (χ1v) is 7.73. The molecule has 6 nitrogen and oxygen atoms in total. The van der Waals surface area contributed by atoms with Crippen molar-refractivity contribution in [3.05, 3.63) is 65.7 Å². The molecule has 0 unspecified atom stereocenters. The van der Waals surface area contributed by atoms with Crippen LogP contribution in [0.4, 0.5) is 10.2 Å². The normalized spacial score (nSPS) is 12.1. The van der Waals surface area contributed by atoms with Crippen LogP contribution in [-0.4, -0.2) is 34.6 Å². The van der Waals surface area contributed by atoms with Gasteiger partial charge in [-0.2, -0.15) is 0 Å². The molecule has 3 aromatic rings. The molecule has 0 amide bonds. The predicted molar refractivity (Wildman–Crippen MR) is 93.2 cm³/mol. The van der Waals surface area contributed by atoms with E-state index in [-0.39, 0.29) is 17.4 Å². The van der Waals surface area contributed by atoms with Crippen LogP contribution in [0.1, 0.15) is 22.0 Å². The maximum atomic E-state index is 13.6. The van der Waals surface area contributed by atoms with Crippen molar-refractivity contribution < 1.29 is 14.3 Å². The third-order valence-electron chi connectivity index (χ3n) is 3.87. The van der Waals surface area contributed by atoms with Gasteiger partial charge in [0.2, 0.25) is 0 Å². The first-order chi connectivity index (χ1) is 12.1. The second kappa shape index (κ2) is 7.23. The summed E-state index contributed by atoms with van der Waals surface area (Å²) in [6.07, 6.45) is 1.32. The molecule has 128 valence electrons. The third-order valence-corrected chi connectivity index (χ3v) is 3.87. The molecule has 0 saturated carbocycles. The van der Waals surface area contributed by atoms with Gasteiger partial charge in [-0.15, -0.1) is 0 Å². The maximum absolute atomic E-state index is 13.6. The van der Waals surface area contributed by atoms with Gasteiger partial charge < -0.3 is 15.7 Å². The van der Waals surface area contributed by atoms with E-state index in [1.165, 1.54) is 24.5 Å². The van der Waals surface area contributed by atoms with Crippen molar-refractivity contribution in [1.29, 1.82) is 0 Å². The fourth-order valence-corrected chi connectivity index (χ4v) is 2.72. The number of likely N-dealkylation sites (N-methyl/N-ethyl adjacent to an activating group) is 1. The smallest absolute Gasteiger partial charge is 0.337 e. The minimum absolute atomic E-state index is 0.110. The molecule has 3 N–H and O–H groups in total. The molecule has 25 heavy (non-hydrogen) atoms. The number of halogens is 1. The van der Waals surface area contributed by atoms with E-state index in [0.717, 1.165) is 5.56 Å². The van der Waals surface area contributed by atoms with E-state index in [1.807, 2.05) is 6.07 Å². The van der Waals surface area contributed by atoms with Crippen LogP contribution in [0, 0.1) is 5.82 Å². The number of aromatic nitrogens is 2. The molecule has 7 heteroatoms. The second-order valence-electron chi connectivity index (χ2n) is 5.54. The molecule has 2 aromatic carbocycles. The Labute approximate surface area is 143 Å². The number of anilines is 1. The quantitative estimate of drug-likeness (QED) is 0.640. The topological polar surface area (TPSA) is 87.1 Å². The number of hydrogen-bond donors (Lipinski definition) is 3. The van der Waals surface area contributed by atoms with E-state index in [9.17, 15) is 14.3 Å². The van der Waals surface area contributed by atoms with Crippen LogP contribution in [0.25, 0.3) is 10.9 Å². The summed E-state index contributed by atoms with van der Waals surface area (Å²) in [7, 11) is 1.80. The Balaban J connectivity index is 2.03. The van der Waals surface area contributed by atoms with Crippen molar-refractivity contribution in [1.82, 2.24) is 15.3 Å². The van der Waals surface area contributed by atoms with Crippen LogP contribution in [-0.2, 0) is 0 Å². The molecular formula is C18H17FN4O2. The van der Waals surface area contributed by atoms with E-state index in [0.29, 0.717) is 23.3 Å². The highest BCUT2D eigenvalue weighted by Gasteiger charge is 2.16. The first kappa shape index (κ1) is 16.8.